The Morgan fingerprint density at radius 2 is 1.93 bits per heavy atom. The van der Waals surface area contributed by atoms with E-state index in [1.807, 2.05) is 6.07 Å². The van der Waals surface area contributed by atoms with Crippen molar-refractivity contribution >= 4 is 33.2 Å². The first-order valence-electron chi connectivity index (χ1n) is 9.85. The molecule has 0 radical (unpaired) electrons. The Kier molecular flexibility index (Phi) is 5.70. The number of nitrogens with zero attached hydrogens (tertiary/aromatic N) is 3. The number of hydrogen-bond acceptors (Lipinski definition) is 4. The van der Waals surface area contributed by atoms with E-state index in [0.717, 1.165) is 25.9 Å². The van der Waals surface area contributed by atoms with Crippen molar-refractivity contribution in [2.75, 3.05) is 31.5 Å². The fraction of sp³-hybridized carbons (Fsp3) is 0.450. The van der Waals surface area contributed by atoms with Gasteiger partial charge in [-0.2, -0.15) is 4.31 Å². The highest BCUT2D eigenvalue weighted by molar-refractivity contribution is 7.89. The Labute approximate surface area is 176 Å². The van der Waals surface area contributed by atoms with Gasteiger partial charge in [-0.3, -0.25) is 9.69 Å². The van der Waals surface area contributed by atoms with Crippen molar-refractivity contribution < 1.29 is 13.2 Å². The number of fused-ring (bicyclic) bond motifs is 1. The summed E-state index contributed by atoms with van der Waals surface area (Å²) in [5.74, 6) is -0.213. The number of halogens is 1. The van der Waals surface area contributed by atoms with Crippen molar-refractivity contribution in [2.24, 2.45) is 0 Å². The van der Waals surface area contributed by atoms with Crippen LogP contribution in [0.2, 0.25) is 5.02 Å². The summed E-state index contributed by atoms with van der Waals surface area (Å²) in [4.78, 5) is 14.9. The van der Waals surface area contributed by atoms with Gasteiger partial charge in [-0.25, -0.2) is 8.42 Å². The maximum absolute atomic E-state index is 12.8. The van der Waals surface area contributed by atoms with Gasteiger partial charge in [0.15, 0.2) is 0 Å². The largest absolute Gasteiger partial charge is 0.349 e. The number of amides is 1. The number of rotatable bonds is 5. The van der Waals surface area contributed by atoms with E-state index in [1.165, 1.54) is 28.2 Å². The van der Waals surface area contributed by atoms with Crippen LogP contribution < -0.4 is 5.32 Å². The Hall–Kier alpha value is -1.87. The second-order valence-electron chi connectivity index (χ2n) is 7.57. The number of nitrogens with one attached hydrogen (secondary N) is 1. The summed E-state index contributed by atoms with van der Waals surface area (Å²) in [5, 5.41) is 3.12. The Balaban J connectivity index is 1.47. The normalized spacial score (nSPS) is 20.6. The number of anilines is 1. The van der Waals surface area contributed by atoms with Crippen LogP contribution >= 0.6 is 11.6 Å². The maximum atomic E-state index is 12.8. The van der Waals surface area contributed by atoms with Crippen LogP contribution in [0, 0.1) is 0 Å². The van der Waals surface area contributed by atoms with Crippen molar-refractivity contribution in [1.82, 2.24) is 13.8 Å². The Morgan fingerprint density at radius 1 is 1.17 bits per heavy atom. The van der Waals surface area contributed by atoms with Crippen LogP contribution in [-0.4, -0.2) is 54.3 Å². The molecule has 7 nitrogen and oxygen atoms in total. The average Bonchev–Trinajstić information content (AvgIpc) is 3.38. The molecule has 0 bridgehead atoms. The molecule has 1 atom stereocenters. The summed E-state index contributed by atoms with van der Waals surface area (Å²) in [6.07, 6.45) is 3.79. The lowest BCUT2D eigenvalue weighted by atomic mass is 10.1. The van der Waals surface area contributed by atoms with Crippen molar-refractivity contribution in [3.8, 4) is 0 Å². The van der Waals surface area contributed by atoms with E-state index in [1.54, 1.807) is 0 Å². The zero-order chi connectivity index (χ0) is 20.6. The third-order valence-electron chi connectivity index (χ3n) is 5.73. The van der Waals surface area contributed by atoms with Gasteiger partial charge >= 0.3 is 0 Å². The van der Waals surface area contributed by atoms with Crippen molar-refractivity contribution in [1.29, 1.82) is 0 Å². The molecule has 9 heteroatoms. The smallest absolute Gasteiger partial charge is 0.243 e. The standard InChI is InChI=1S/C20H25ClN4O3S/c1-15-19-5-4-8-23(19)11-12-24(15)14-20(26)22-18-13-16(6-7-17(18)21)29(27,28)25-9-2-3-10-25/h4-8,13,15H,2-3,9-12,14H2,1H3,(H,22,26). The minimum atomic E-state index is -3.57. The topological polar surface area (TPSA) is 74.6 Å². The van der Waals surface area contributed by atoms with Gasteiger partial charge in [0.2, 0.25) is 15.9 Å². The number of benzene rings is 1. The van der Waals surface area contributed by atoms with E-state index in [-0.39, 0.29) is 23.4 Å². The zero-order valence-electron chi connectivity index (χ0n) is 16.3. The van der Waals surface area contributed by atoms with Crippen LogP contribution in [0.4, 0.5) is 5.69 Å². The van der Waals surface area contributed by atoms with Crippen LogP contribution in [0.1, 0.15) is 31.5 Å². The minimum absolute atomic E-state index is 0.127. The van der Waals surface area contributed by atoms with E-state index in [9.17, 15) is 13.2 Å². The predicted octanol–water partition coefficient (Wildman–Crippen LogP) is 2.94. The number of hydrogen-bond donors (Lipinski definition) is 1. The lowest BCUT2D eigenvalue weighted by molar-refractivity contribution is -0.118. The van der Waals surface area contributed by atoms with Crippen LogP contribution in [0.3, 0.4) is 0 Å². The van der Waals surface area contributed by atoms with Crippen molar-refractivity contribution in [2.45, 2.75) is 37.2 Å². The highest BCUT2D eigenvalue weighted by atomic mass is 35.5. The van der Waals surface area contributed by atoms with Gasteiger partial charge in [0, 0.05) is 44.1 Å². The summed E-state index contributed by atoms with van der Waals surface area (Å²) in [7, 11) is -3.57. The molecule has 1 aromatic heterocycles. The lowest BCUT2D eigenvalue weighted by Crippen LogP contribution is -2.41. The number of carbonyl (C=O) groups excluding carboxylic acids is 1. The van der Waals surface area contributed by atoms with E-state index < -0.39 is 10.0 Å². The Bertz CT molecular complexity index is 1010. The molecule has 2 aliphatic rings. The van der Waals surface area contributed by atoms with Gasteiger partial charge in [0.25, 0.3) is 0 Å². The molecule has 1 unspecified atom stereocenters. The van der Waals surface area contributed by atoms with E-state index in [4.69, 9.17) is 11.6 Å². The molecule has 1 aromatic carbocycles. The maximum Gasteiger partial charge on any atom is 0.243 e. The first-order valence-corrected chi connectivity index (χ1v) is 11.7. The molecule has 3 heterocycles. The summed E-state index contributed by atoms with van der Waals surface area (Å²) in [6.45, 7) is 4.96. The summed E-state index contributed by atoms with van der Waals surface area (Å²) in [6, 6.07) is 8.68. The van der Waals surface area contributed by atoms with E-state index in [2.05, 4.69) is 34.0 Å². The zero-order valence-corrected chi connectivity index (χ0v) is 17.9. The Morgan fingerprint density at radius 3 is 2.69 bits per heavy atom. The molecular formula is C20H25ClN4O3S. The van der Waals surface area contributed by atoms with Crippen LogP contribution in [0.5, 0.6) is 0 Å². The number of sulfonamides is 1. The van der Waals surface area contributed by atoms with Crippen LogP contribution in [-0.2, 0) is 21.4 Å². The van der Waals surface area contributed by atoms with Crippen LogP contribution in [0.25, 0.3) is 0 Å². The second-order valence-corrected chi connectivity index (χ2v) is 9.92. The first kappa shape index (κ1) is 20.4. The highest BCUT2D eigenvalue weighted by Crippen LogP contribution is 2.29. The molecule has 29 heavy (non-hydrogen) atoms. The fourth-order valence-electron chi connectivity index (χ4n) is 4.06. The molecule has 1 N–H and O–H groups in total. The quantitative estimate of drug-likeness (QED) is 0.781. The van der Waals surface area contributed by atoms with Gasteiger partial charge in [-0.05, 0) is 50.1 Å². The molecule has 4 rings (SSSR count). The predicted molar refractivity (Wildman–Crippen MR) is 112 cm³/mol. The molecule has 0 spiro atoms. The molecule has 1 fully saturated rings. The lowest BCUT2D eigenvalue weighted by Gasteiger charge is -2.34. The van der Waals surface area contributed by atoms with Gasteiger partial charge in [0.1, 0.15) is 0 Å². The SMILES string of the molecule is CC1c2cccn2CCN1CC(=O)Nc1cc(S(=O)(=O)N2CCCC2)ccc1Cl. The van der Waals surface area contributed by atoms with Gasteiger partial charge in [0.05, 0.1) is 22.2 Å². The molecule has 1 saturated heterocycles. The van der Waals surface area contributed by atoms with E-state index in [0.29, 0.717) is 23.8 Å². The summed E-state index contributed by atoms with van der Waals surface area (Å²) in [5.41, 5.74) is 1.51. The monoisotopic (exact) mass is 436 g/mol. The number of carbonyl (C=O) groups is 1. The van der Waals surface area contributed by atoms with Gasteiger partial charge in [-0.15, -0.1) is 0 Å². The molecule has 2 aliphatic heterocycles. The molecule has 2 aromatic rings. The molecular weight excluding hydrogens is 412 g/mol. The third-order valence-corrected chi connectivity index (χ3v) is 7.95. The second kappa shape index (κ2) is 8.10. The molecule has 0 saturated carbocycles. The fourth-order valence-corrected chi connectivity index (χ4v) is 5.76. The van der Waals surface area contributed by atoms with Crippen molar-refractivity contribution in [3.05, 3.63) is 47.2 Å². The average molecular weight is 437 g/mol. The summed E-state index contributed by atoms with van der Waals surface area (Å²) < 4.78 is 29.3. The van der Waals surface area contributed by atoms with Crippen LogP contribution in [0.15, 0.2) is 41.4 Å². The molecule has 156 valence electrons. The first-order chi connectivity index (χ1) is 13.9. The highest BCUT2D eigenvalue weighted by Gasteiger charge is 2.28. The minimum Gasteiger partial charge on any atom is -0.349 e. The number of aromatic nitrogens is 1. The summed E-state index contributed by atoms with van der Waals surface area (Å²) >= 11 is 6.23. The van der Waals surface area contributed by atoms with Gasteiger partial charge < -0.3 is 9.88 Å². The molecule has 0 aliphatic carbocycles. The van der Waals surface area contributed by atoms with E-state index >= 15 is 0 Å². The van der Waals surface area contributed by atoms with Gasteiger partial charge in [-0.1, -0.05) is 11.6 Å². The molecule has 1 amide bonds. The van der Waals surface area contributed by atoms with Crippen molar-refractivity contribution in [3.63, 3.8) is 0 Å². The third kappa shape index (κ3) is 4.07.